The van der Waals surface area contributed by atoms with Gasteiger partial charge in [-0.2, -0.15) is 0 Å². The van der Waals surface area contributed by atoms with Gasteiger partial charge in [0.2, 0.25) is 0 Å². The van der Waals surface area contributed by atoms with Crippen LogP contribution < -0.4 is 0 Å². The molecule has 5 heteroatoms. The second-order valence-electron chi connectivity index (χ2n) is 10.8. The molecule has 34 heavy (non-hydrogen) atoms. The third-order valence-electron chi connectivity index (χ3n) is 7.73. The molecule has 188 valence electrons. The van der Waals surface area contributed by atoms with Crippen molar-refractivity contribution < 1.29 is 14.3 Å². The van der Waals surface area contributed by atoms with Gasteiger partial charge in [0.1, 0.15) is 11.9 Å². The van der Waals surface area contributed by atoms with E-state index in [4.69, 9.17) is 4.74 Å². The molecule has 0 amide bonds. The maximum Gasteiger partial charge on any atom is 0.306 e. The molecule has 0 N–H and O–H groups in total. The van der Waals surface area contributed by atoms with E-state index in [0.717, 1.165) is 22.7 Å². The van der Waals surface area contributed by atoms with E-state index >= 15 is 0 Å². The van der Waals surface area contributed by atoms with Gasteiger partial charge in [0.25, 0.3) is 0 Å². The molecule has 5 atom stereocenters. The van der Waals surface area contributed by atoms with Crippen LogP contribution in [0.3, 0.4) is 0 Å². The van der Waals surface area contributed by atoms with Crippen molar-refractivity contribution in [1.82, 2.24) is 4.98 Å². The van der Waals surface area contributed by atoms with Crippen molar-refractivity contribution in [1.29, 1.82) is 0 Å². The summed E-state index contributed by atoms with van der Waals surface area (Å²) < 4.78 is 6.00. The summed E-state index contributed by atoms with van der Waals surface area (Å²) in [6.07, 6.45) is 9.94. The SMILES string of the molecule is C/C1=C\C[C@@H](/C(C)=C/c2csc(C)n2)OC(=O)C[C@H](C)C(C)(C)C(=O)[C@H](C)[C@@H](C)[C@@H](C)/C=C/C1. The molecular weight excluding hydrogens is 442 g/mol. The van der Waals surface area contributed by atoms with Crippen molar-refractivity contribution in [2.75, 3.05) is 0 Å². The van der Waals surface area contributed by atoms with Gasteiger partial charge < -0.3 is 4.74 Å². The van der Waals surface area contributed by atoms with Crippen LogP contribution in [0.4, 0.5) is 0 Å². The lowest BCUT2D eigenvalue weighted by Crippen LogP contribution is -2.39. The van der Waals surface area contributed by atoms with E-state index in [1.54, 1.807) is 11.3 Å². The van der Waals surface area contributed by atoms with Crippen LogP contribution in [0.2, 0.25) is 0 Å². The molecule has 2 rings (SSSR count). The van der Waals surface area contributed by atoms with E-state index in [1.807, 2.05) is 53.0 Å². The predicted molar refractivity (Wildman–Crippen MR) is 143 cm³/mol. The maximum absolute atomic E-state index is 13.5. The third kappa shape index (κ3) is 7.49. The van der Waals surface area contributed by atoms with E-state index < -0.39 is 5.41 Å². The number of nitrogens with zero attached hydrogens (tertiary/aromatic N) is 1. The van der Waals surface area contributed by atoms with Crippen molar-refractivity contribution in [3.8, 4) is 0 Å². The zero-order valence-electron chi connectivity index (χ0n) is 22.5. The van der Waals surface area contributed by atoms with Gasteiger partial charge in [0.15, 0.2) is 0 Å². The van der Waals surface area contributed by atoms with Gasteiger partial charge >= 0.3 is 5.97 Å². The molecule has 2 heterocycles. The van der Waals surface area contributed by atoms with Gasteiger partial charge in [0, 0.05) is 29.6 Å². The molecule has 0 unspecified atom stereocenters. The van der Waals surface area contributed by atoms with Gasteiger partial charge in [-0.1, -0.05) is 65.3 Å². The lowest BCUT2D eigenvalue weighted by molar-refractivity contribution is -0.150. The number of aryl methyl sites for hydroxylation is 1. The van der Waals surface area contributed by atoms with Gasteiger partial charge in [0.05, 0.1) is 10.7 Å². The Labute approximate surface area is 210 Å². The van der Waals surface area contributed by atoms with Crippen molar-refractivity contribution in [3.63, 3.8) is 0 Å². The number of esters is 1. The number of carbonyl (C=O) groups excluding carboxylic acids is 2. The molecule has 0 spiro atoms. The molecule has 0 saturated heterocycles. The van der Waals surface area contributed by atoms with Crippen LogP contribution in [0.1, 0.15) is 85.4 Å². The first-order chi connectivity index (χ1) is 15.8. The summed E-state index contributed by atoms with van der Waals surface area (Å²) >= 11 is 1.61. The third-order valence-corrected chi connectivity index (χ3v) is 8.52. The molecule has 1 aromatic heterocycles. The van der Waals surface area contributed by atoms with E-state index in [2.05, 4.69) is 44.0 Å². The van der Waals surface area contributed by atoms with E-state index in [9.17, 15) is 9.59 Å². The van der Waals surface area contributed by atoms with Crippen LogP contribution in [-0.2, 0) is 14.3 Å². The van der Waals surface area contributed by atoms with Crippen molar-refractivity contribution >= 4 is 29.2 Å². The van der Waals surface area contributed by atoms with Gasteiger partial charge in [-0.05, 0) is 56.6 Å². The normalized spacial score (nSPS) is 32.6. The van der Waals surface area contributed by atoms with E-state index in [1.165, 1.54) is 5.57 Å². The summed E-state index contributed by atoms with van der Waals surface area (Å²) in [5.41, 5.74) is 2.49. The van der Waals surface area contributed by atoms with Crippen molar-refractivity contribution in [2.45, 2.75) is 87.7 Å². The minimum absolute atomic E-state index is 0.0860. The first-order valence-electron chi connectivity index (χ1n) is 12.5. The number of ether oxygens (including phenoxy) is 1. The number of hydrogen-bond acceptors (Lipinski definition) is 5. The van der Waals surface area contributed by atoms with Crippen LogP contribution in [-0.4, -0.2) is 22.8 Å². The number of carbonyl (C=O) groups is 2. The number of cyclic esters (lactones) is 1. The number of Topliss-reactive ketones (excluding diaryl/α,β-unsaturated/α-hetero) is 1. The second-order valence-corrected chi connectivity index (χ2v) is 11.8. The Bertz CT molecular complexity index is 952. The Balaban J connectivity index is 2.37. The Hall–Kier alpha value is -2.01. The topological polar surface area (TPSA) is 56.3 Å². The highest BCUT2D eigenvalue weighted by atomic mass is 32.1. The number of allylic oxidation sites excluding steroid dienone is 3. The number of hydrogen-bond donors (Lipinski definition) is 0. The van der Waals surface area contributed by atoms with Gasteiger partial charge in [-0.3, -0.25) is 9.59 Å². The summed E-state index contributed by atoms with van der Waals surface area (Å²) in [6, 6.07) is 0. The molecule has 0 saturated carbocycles. The van der Waals surface area contributed by atoms with Crippen LogP contribution in [0.25, 0.3) is 6.08 Å². The summed E-state index contributed by atoms with van der Waals surface area (Å²) in [7, 11) is 0. The highest BCUT2D eigenvalue weighted by Gasteiger charge is 2.40. The first-order valence-corrected chi connectivity index (χ1v) is 13.4. The lowest BCUT2D eigenvalue weighted by atomic mass is 9.68. The van der Waals surface area contributed by atoms with Crippen LogP contribution in [0.15, 0.2) is 34.8 Å². The van der Waals surface area contributed by atoms with E-state index in [0.29, 0.717) is 12.3 Å². The molecule has 0 aliphatic carbocycles. The van der Waals surface area contributed by atoms with Gasteiger partial charge in [-0.25, -0.2) is 4.98 Å². The molecule has 0 fully saturated rings. The largest absolute Gasteiger partial charge is 0.457 e. The fourth-order valence-corrected chi connectivity index (χ4v) is 4.94. The Morgan fingerprint density at radius 1 is 1.18 bits per heavy atom. The molecule has 0 bridgehead atoms. The molecule has 0 aromatic carbocycles. The molecule has 1 aromatic rings. The highest BCUT2D eigenvalue weighted by Crippen LogP contribution is 2.37. The van der Waals surface area contributed by atoms with E-state index in [-0.39, 0.29) is 42.0 Å². The first kappa shape index (κ1) is 28.2. The quantitative estimate of drug-likeness (QED) is 0.320. The standard InChI is InChI=1S/C29H43NO3S/c1-18-11-10-12-19(2)22(5)23(6)28(32)29(8,9)21(4)16-27(31)33-26(14-13-18)20(3)15-25-17-34-24(7)30-25/h10,12-13,15,17,19,21-23,26H,11,14,16H2,1-9H3/b12-10+,18-13+,20-15+/t19-,21-,22-,23+,26-/m0/s1. The summed E-state index contributed by atoms with van der Waals surface area (Å²) in [4.78, 5) is 31.0. The second kappa shape index (κ2) is 12.1. The van der Waals surface area contributed by atoms with Crippen LogP contribution in [0, 0.1) is 36.0 Å². The molecule has 1 aliphatic rings. The zero-order chi connectivity index (χ0) is 25.6. The Morgan fingerprint density at radius 3 is 2.47 bits per heavy atom. The lowest BCUT2D eigenvalue weighted by Gasteiger charge is -2.35. The Morgan fingerprint density at radius 2 is 1.85 bits per heavy atom. The monoisotopic (exact) mass is 485 g/mol. The highest BCUT2D eigenvalue weighted by molar-refractivity contribution is 7.09. The fourth-order valence-electron chi connectivity index (χ4n) is 4.37. The summed E-state index contributed by atoms with van der Waals surface area (Å²) in [5, 5.41) is 3.02. The van der Waals surface area contributed by atoms with Crippen molar-refractivity contribution in [3.05, 3.63) is 45.5 Å². The van der Waals surface area contributed by atoms with Crippen LogP contribution >= 0.6 is 11.3 Å². The number of ketones is 1. The Kier molecular flexibility index (Phi) is 10.0. The molecule has 4 nitrogen and oxygen atoms in total. The molecule has 1 aliphatic heterocycles. The zero-order valence-corrected chi connectivity index (χ0v) is 23.3. The minimum Gasteiger partial charge on any atom is -0.457 e. The fraction of sp³-hybridized carbons (Fsp3) is 0.621. The average molecular weight is 486 g/mol. The predicted octanol–water partition coefficient (Wildman–Crippen LogP) is 7.59. The number of aromatic nitrogens is 1. The molecular formula is C29H43NO3S. The van der Waals surface area contributed by atoms with Crippen LogP contribution in [0.5, 0.6) is 0 Å². The van der Waals surface area contributed by atoms with Gasteiger partial charge in [-0.15, -0.1) is 11.3 Å². The maximum atomic E-state index is 13.5. The average Bonchev–Trinajstić information content (AvgIpc) is 3.18. The number of thiazole rings is 1. The smallest absolute Gasteiger partial charge is 0.306 e. The minimum atomic E-state index is -0.609. The molecule has 0 radical (unpaired) electrons. The summed E-state index contributed by atoms with van der Waals surface area (Å²) in [6.45, 7) is 18.4. The van der Waals surface area contributed by atoms with Crippen molar-refractivity contribution in [2.24, 2.45) is 29.1 Å². The number of rotatable bonds is 2. The summed E-state index contributed by atoms with van der Waals surface area (Å²) in [5.74, 6) is 0.283.